The van der Waals surface area contributed by atoms with Gasteiger partial charge in [0.25, 0.3) is 0 Å². The van der Waals surface area contributed by atoms with Gasteiger partial charge in [-0.2, -0.15) is 0 Å². The van der Waals surface area contributed by atoms with Gasteiger partial charge in [-0.05, 0) is 26.2 Å². The first-order valence-electron chi connectivity index (χ1n) is 6.33. The number of hydrogen-bond donors (Lipinski definition) is 1. The Morgan fingerprint density at radius 2 is 1.89 bits per heavy atom. The van der Waals surface area contributed by atoms with E-state index in [4.69, 9.17) is 14.3 Å². The average molecular weight is 256 g/mol. The molecule has 0 bridgehead atoms. The topological polar surface area (TPSA) is 85.5 Å². The maximum atomic E-state index is 10.3. The van der Waals surface area contributed by atoms with Gasteiger partial charge in [-0.1, -0.05) is 0 Å². The fraction of sp³-hybridized carbons (Fsp3) is 0.750. The number of ether oxygens (including phenoxy) is 1. The molecule has 0 aromatic carbocycles. The second-order valence-corrected chi connectivity index (χ2v) is 3.99. The van der Waals surface area contributed by atoms with Crippen LogP contribution >= 0.6 is 0 Å². The highest BCUT2D eigenvalue weighted by atomic mass is 16.5. The molecule has 1 aromatic heterocycles. The van der Waals surface area contributed by atoms with Crippen molar-refractivity contribution in [1.82, 2.24) is 10.2 Å². The van der Waals surface area contributed by atoms with Gasteiger partial charge in [0.2, 0.25) is 11.8 Å². The van der Waals surface area contributed by atoms with Crippen LogP contribution in [-0.4, -0.2) is 34.5 Å². The number of aromatic nitrogens is 2. The van der Waals surface area contributed by atoms with Crippen LogP contribution in [0.4, 0.5) is 0 Å². The number of carbonyl (C=O) groups is 1. The Balaban J connectivity index is 2.15. The molecule has 1 rings (SSSR count). The molecule has 0 atom stereocenters. The van der Waals surface area contributed by atoms with Gasteiger partial charge in [-0.3, -0.25) is 4.79 Å². The molecule has 0 saturated heterocycles. The Morgan fingerprint density at radius 1 is 1.22 bits per heavy atom. The van der Waals surface area contributed by atoms with Gasteiger partial charge in [-0.25, -0.2) is 0 Å². The summed E-state index contributed by atoms with van der Waals surface area (Å²) in [6.45, 7) is 3.38. The molecule has 0 aliphatic heterocycles. The van der Waals surface area contributed by atoms with Crippen molar-refractivity contribution >= 4 is 5.97 Å². The Kier molecular flexibility index (Phi) is 7.01. The lowest BCUT2D eigenvalue weighted by molar-refractivity contribution is -0.137. The van der Waals surface area contributed by atoms with Crippen molar-refractivity contribution in [1.29, 1.82) is 0 Å². The molecule has 6 nitrogen and oxygen atoms in total. The van der Waals surface area contributed by atoms with E-state index >= 15 is 0 Å². The van der Waals surface area contributed by atoms with Crippen LogP contribution in [0, 0.1) is 0 Å². The van der Waals surface area contributed by atoms with E-state index in [2.05, 4.69) is 10.2 Å². The van der Waals surface area contributed by atoms with E-state index in [0.29, 0.717) is 31.2 Å². The molecule has 0 fully saturated rings. The van der Waals surface area contributed by atoms with E-state index in [0.717, 1.165) is 25.9 Å². The van der Waals surface area contributed by atoms with Crippen molar-refractivity contribution in [3.63, 3.8) is 0 Å². The third kappa shape index (κ3) is 6.34. The highest BCUT2D eigenvalue weighted by Gasteiger charge is 2.06. The smallest absolute Gasteiger partial charge is 0.303 e. The summed E-state index contributed by atoms with van der Waals surface area (Å²) >= 11 is 0. The summed E-state index contributed by atoms with van der Waals surface area (Å²) in [5.74, 6) is 0.451. The number of hydrogen-bond acceptors (Lipinski definition) is 5. The molecule has 18 heavy (non-hydrogen) atoms. The molecule has 0 spiro atoms. The summed E-state index contributed by atoms with van der Waals surface area (Å²) in [6.07, 6.45) is 3.82. The van der Waals surface area contributed by atoms with Crippen LogP contribution < -0.4 is 0 Å². The van der Waals surface area contributed by atoms with Gasteiger partial charge in [0.1, 0.15) is 0 Å². The lowest BCUT2D eigenvalue weighted by Crippen LogP contribution is -1.96. The average Bonchev–Trinajstić information content (AvgIpc) is 2.78. The summed E-state index contributed by atoms with van der Waals surface area (Å²) in [5.41, 5.74) is 0. The van der Waals surface area contributed by atoms with Crippen LogP contribution in [0.2, 0.25) is 0 Å². The number of nitrogens with zero attached hydrogens (tertiary/aromatic N) is 2. The number of carboxylic acids is 1. The van der Waals surface area contributed by atoms with Crippen molar-refractivity contribution in [2.75, 3.05) is 13.2 Å². The third-order valence-electron chi connectivity index (χ3n) is 2.42. The maximum Gasteiger partial charge on any atom is 0.303 e. The zero-order chi connectivity index (χ0) is 13.2. The second kappa shape index (κ2) is 8.63. The molecule has 0 saturated carbocycles. The molecule has 0 radical (unpaired) electrons. The van der Waals surface area contributed by atoms with Crippen LogP contribution in [0.1, 0.15) is 44.4 Å². The molecule has 0 amide bonds. The molecule has 1 N–H and O–H groups in total. The first kappa shape index (κ1) is 14.6. The number of carboxylic acid groups (broad SMARTS) is 1. The van der Waals surface area contributed by atoms with Crippen molar-refractivity contribution < 1.29 is 19.1 Å². The minimum absolute atomic E-state index is 0.190. The normalized spacial score (nSPS) is 10.7. The number of aryl methyl sites for hydroxylation is 2. The van der Waals surface area contributed by atoms with E-state index in [1.54, 1.807) is 0 Å². The Bertz CT molecular complexity index is 352. The third-order valence-corrected chi connectivity index (χ3v) is 2.42. The first-order chi connectivity index (χ1) is 8.72. The van der Waals surface area contributed by atoms with Gasteiger partial charge in [0, 0.05) is 32.5 Å². The molecule has 0 unspecified atom stereocenters. The van der Waals surface area contributed by atoms with Crippen molar-refractivity contribution in [2.24, 2.45) is 0 Å². The zero-order valence-electron chi connectivity index (χ0n) is 10.7. The number of aliphatic carboxylic acids is 1. The molecule has 0 aliphatic carbocycles. The van der Waals surface area contributed by atoms with Gasteiger partial charge in [0.05, 0.1) is 0 Å². The minimum atomic E-state index is -0.767. The Morgan fingerprint density at radius 3 is 2.50 bits per heavy atom. The summed E-state index contributed by atoms with van der Waals surface area (Å²) in [6, 6.07) is 0. The zero-order valence-corrected chi connectivity index (χ0v) is 10.7. The minimum Gasteiger partial charge on any atom is -0.481 e. The summed E-state index contributed by atoms with van der Waals surface area (Å²) in [4.78, 5) is 10.3. The predicted molar refractivity (Wildman–Crippen MR) is 64.3 cm³/mol. The van der Waals surface area contributed by atoms with Crippen molar-refractivity contribution in [3.05, 3.63) is 11.8 Å². The summed E-state index contributed by atoms with van der Waals surface area (Å²) in [7, 11) is 0. The molecule has 1 heterocycles. The Labute approximate surface area is 106 Å². The second-order valence-electron chi connectivity index (χ2n) is 3.99. The van der Waals surface area contributed by atoms with E-state index in [-0.39, 0.29) is 6.42 Å². The summed E-state index contributed by atoms with van der Waals surface area (Å²) in [5, 5.41) is 16.4. The van der Waals surface area contributed by atoms with E-state index in [1.807, 2.05) is 6.92 Å². The summed E-state index contributed by atoms with van der Waals surface area (Å²) < 4.78 is 10.7. The van der Waals surface area contributed by atoms with Gasteiger partial charge >= 0.3 is 5.97 Å². The highest BCUT2D eigenvalue weighted by molar-refractivity contribution is 5.66. The number of unbranched alkanes of at least 4 members (excludes halogenated alkanes) is 1. The predicted octanol–water partition coefficient (Wildman–Crippen LogP) is 1.84. The van der Waals surface area contributed by atoms with Gasteiger partial charge in [-0.15, -0.1) is 10.2 Å². The maximum absolute atomic E-state index is 10.3. The monoisotopic (exact) mass is 256 g/mol. The fourth-order valence-electron chi connectivity index (χ4n) is 1.51. The van der Waals surface area contributed by atoms with Crippen molar-refractivity contribution in [3.8, 4) is 0 Å². The molecule has 1 aromatic rings. The van der Waals surface area contributed by atoms with E-state index in [9.17, 15) is 4.79 Å². The first-order valence-corrected chi connectivity index (χ1v) is 6.33. The fourth-order valence-corrected chi connectivity index (χ4v) is 1.51. The van der Waals surface area contributed by atoms with E-state index in [1.165, 1.54) is 0 Å². The molecule has 0 aliphatic rings. The SMILES string of the molecule is CCOCCCc1nnc(CCCCC(=O)O)o1. The Hall–Kier alpha value is -1.43. The molecular formula is C12H20N2O4. The van der Waals surface area contributed by atoms with Crippen molar-refractivity contribution in [2.45, 2.75) is 45.4 Å². The van der Waals surface area contributed by atoms with Gasteiger partial charge in [0.15, 0.2) is 0 Å². The van der Waals surface area contributed by atoms with Crippen LogP contribution in [0.5, 0.6) is 0 Å². The molecule has 102 valence electrons. The van der Waals surface area contributed by atoms with Crippen LogP contribution in [0.15, 0.2) is 4.42 Å². The quantitative estimate of drug-likeness (QED) is 0.643. The number of rotatable bonds is 10. The highest BCUT2D eigenvalue weighted by Crippen LogP contribution is 2.07. The van der Waals surface area contributed by atoms with Gasteiger partial charge < -0.3 is 14.3 Å². The van der Waals surface area contributed by atoms with Crippen LogP contribution in [0.3, 0.4) is 0 Å². The molecule has 6 heteroatoms. The van der Waals surface area contributed by atoms with Crippen LogP contribution in [-0.2, 0) is 22.4 Å². The lowest BCUT2D eigenvalue weighted by Gasteiger charge is -1.97. The lowest BCUT2D eigenvalue weighted by atomic mass is 10.2. The molecular weight excluding hydrogens is 236 g/mol. The van der Waals surface area contributed by atoms with E-state index < -0.39 is 5.97 Å². The van der Waals surface area contributed by atoms with Crippen LogP contribution in [0.25, 0.3) is 0 Å². The standard InChI is InChI=1S/C12H20N2O4/c1-2-17-9-5-7-11-14-13-10(18-11)6-3-4-8-12(15)16/h2-9H2,1H3,(H,15,16). The largest absolute Gasteiger partial charge is 0.481 e.